The van der Waals surface area contributed by atoms with Crippen LogP contribution in [0.2, 0.25) is 0 Å². The Morgan fingerprint density at radius 1 is 1.35 bits per heavy atom. The van der Waals surface area contributed by atoms with Crippen LogP contribution >= 0.6 is 0 Å². The summed E-state index contributed by atoms with van der Waals surface area (Å²) < 4.78 is 5.84. The molecule has 0 amide bonds. The first kappa shape index (κ1) is 14.4. The number of hydrogen-bond acceptors (Lipinski definition) is 3. The summed E-state index contributed by atoms with van der Waals surface area (Å²) >= 11 is 0. The van der Waals surface area contributed by atoms with Gasteiger partial charge in [-0.25, -0.2) is 0 Å². The third-order valence-corrected chi connectivity index (χ3v) is 3.27. The minimum Gasteiger partial charge on any atom is -0.493 e. The van der Waals surface area contributed by atoms with E-state index in [2.05, 4.69) is 42.3 Å². The topological polar surface area (TPSA) is 52.0 Å². The Morgan fingerprint density at radius 2 is 2.20 bits per heavy atom. The van der Waals surface area contributed by atoms with Crippen LogP contribution in [0.1, 0.15) is 18.4 Å². The van der Waals surface area contributed by atoms with E-state index in [9.17, 15) is 0 Å². The Balaban J connectivity index is 2.16. The molecule has 0 fully saturated rings. The Labute approximate surface area is 120 Å². The van der Waals surface area contributed by atoms with Gasteiger partial charge in [0.05, 0.1) is 12.7 Å². The lowest BCUT2D eigenvalue weighted by Crippen LogP contribution is -2.14. The number of benzene rings is 1. The lowest BCUT2D eigenvalue weighted by atomic mass is 10.1. The zero-order valence-electron chi connectivity index (χ0n) is 12.1. The molecule has 2 aromatic rings. The van der Waals surface area contributed by atoms with Crippen molar-refractivity contribution in [3.8, 4) is 11.8 Å². The largest absolute Gasteiger partial charge is 0.493 e. The summed E-state index contributed by atoms with van der Waals surface area (Å²) in [5.74, 6) is 0.912. The highest BCUT2D eigenvalue weighted by molar-refractivity contribution is 5.89. The lowest BCUT2D eigenvalue weighted by molar-refractivity contribution is 0.316. The standard InChI is InChI=1S/C16H21N3O/c1-19(2)10-8-13-12-18-14-6-5-7-15(16(13)14)20-11-4-3-9-17/h5-7,12,18H,3-4,8,10-11H2,1-2H3. The number of aromatic amines is 1. The van der Waals surface area contributed by atoms with Crippen molar-refractivity contribution in [2.75, 3.05) is 27.2 Å². The van der Waals surface area contributed by atoms with Crippen LogP contribution in [0.5, 0.6) is 5.75 Å². The van der Waals surface area contributed by atoms with Crippen LogP contribution in [-0.2, 0) is 6.42 Å². The summed E-state index contributed by atoms with van der Waals surface area (Å²) in [4.78, 5) is 5.48. The van der Waals surface area contributed by atoms with Gasteiger partial charge in [0, 0.05) is 30.1 Å². The predicted molar refractivity (Wildman–Crippen MR) is 80.9 cm³/mol. The van der Waals surface area contributed by atoms with Gasteiger partial charge in [0.15, 0.2) is 0 Å². The molecular formula is C16H21N3O. The van der Waals surface area contributed by atoms with Crippen LogP contribution < -0.4 is 4.74 Å². The van der Waals surface area contributed by atoms with E-state index in [0.717, 1.165) is 30.7 Å². The van der Waals surface area contributed by atoms with E-state index in [0.29, 0.717) is 13.0 Å². The molecule has 0 aliphatic heterocycles. The highest BCUT2D eigenvalue weighted by Gasteiger charge is 2.09. The minimum absolute atomic E-state index is 0.538. The molecule has 20 heavy (non-hydrogen) atoms. The molecular weight excluding hydrogens is 250 g/mol. The molecule has 106 valence electrons. The Kier molecular flexibility index (Phi) is 5.03. The highest BCUT2D eigenvalue weighted by atomic mass is 16.5. The van der Waals surface area contributed by atoms with Crippen LogP contribution in [-0.4, -0.2) is 37.1 Å². The average molecular weight is 271 g/mol. The Hall–Kier alpha value is -1.99. The molecule has 0 bridgehead atoms. The third-order valence-electron chi connectivity index (χ3n) is 3.27. The second-order valence-corrected chi connectivity index (χ2v) is 5.16. The lowest BCUT2D eigenvalue weighted by Gasteiger charge is -2.11. The van der Waals surface area contributed by atoms with Gasteiger partial charge in [0.25, 0.3) is 0 Å². The van der Waals surface area contributed by atoms with Crippen LogP contribution in [0.25, 0.3) is 10.9 Å². The molecule has 0 saturated carbocycles. The van der Waals surface area contributed by atoms with Crippen molar-refractivity contribution in [2.24, 2.45) is 0 Å². The SMILES string of the molecule is CN(C)CCc1c[nH]c2cccc(OCCCC#N)c12. The summed E-state index contributed by atoms with van der Waals surface area (Å²) in [5.41, 5.74) is 2.39. The zero-order valence-corrected chi connectivity index (χ0v) is 12.1. The zero-order chi connectivity index (χ0) is 14.4. The van der Waals surface area contributed by atoms with E-state index < -0.39 is 0 Å². The summed E-state index contributed by atoms with van der Waals surface area (Å²) in [6, 6.07) is 8.20. The number of nitrogens with one attached hydrogen (secondary N) is 1. The number of nitriles is 1. The number of H-pyrrole nitrogens is 1. The molecule has 4 nitrogen and oxygen atoms in total. The van der Waals surface area contributed by atoms with E-state index in [4.69, 9.17) is 10.00 Å². The number of likely N-dealkylation sites (N-methyl/N-ethyl adjacent to an activating group) is 1. The molecule has 0 spiro atoms. The molecule has 0 unspecified atom stereocenters. The fraction of sp³-hybridized carbons (Fsp3) is 0.438. The summed E-state index contributed by atoms with van der Waals surface area (Å²) in [6.45, 7) is 1.60. The van der Waals surface area contributed by atoms with Gasteiger partial charge in [-0.1, -0.05) is 6.07 Å². The van der Waals surface area contributed by atoms with Crippen LogP contribution in [0.3, 0.4) is 0 Å². The molecule has 2 rings (SSSR count). The fourth-order valence-electron chi connectivity index (χ4n) is 2.21. The normalized spacial score (nSPS) is 10.9. The fourth-order valence-corrected chi connectivity index (χ4v) is 2.21. The molecule has 1 heterocycles. The van der Waals surface area contributed by atoms with Crippen molar-refractivity contribution in [1.29, 1.82) is 5.26 Å². The number of nitrogens with zero attached hydrogens (tertiary/aromatic N) is 2. The van der Waals surface area contributed by atoms with E-state index in [1.807, 2.05) is 12.1 Å². The number of hydrogen-bond donors (Lipinski definition) is 1. The van der Waals surface area contributed by atoms with Crippen molar-refractivity contribution < 1.29 is 4.74 Å². The maximum atomic E-state index is 8.55. The van der Waals surface area contributed by atoms with Crippen LogP contribution in [0.15, 0.2) is 24.4 Å². The second-order valence-electron chi connectivity index (χ2n) is 5.16. The molecule has 4 heteroatoms. The molecule has 1 N–H and O–H groups in total. The molecule has 0 aliphatic carbocycles. The molecule has 0 saturated heterocycles. The van der Waals surface area contributed by atoms with Gasteiger partial charge in [-0.05, 0) is 44.6 Å². The maximum absolute atomic E-state index is 8.55. The number of fused-ring (bicyclic) bond motifs is 1. The number of aromatic nitrogens is 1. The molecule has 0 atom stereocenters. The van der Waals surface area contributed by atoms with E-state index >= 15 is 0 Å². The quantitative estimate of drug-likeness (QED) is 0.788. The molecule has 1 aromatic carbocycles. The number of ether oxygens (including phenoxy) is 1. The van der Waals surface area contributed by atoms with Gasteiger partial charge in [-0.2, -0.15) is 5.26 Å². The van der Waals surface area contributed by atoms with E-state index in [1.165, 1.54) is 10.9 Å². The van der Waals surface area contributed by atoms with E-state index in [1.54, 1.807) is 0 Å². The molecule has 0 aliphatic rings. The van der Waals surface area contributed by atoms with Crippen LogP contribution in [0, 0.1) is 11.3 Å². The van der Waals surface area contributed by atoms with Crippen molar-refractivity contribution in [3.63, 3.8) is 0 Å². The Morgan fingerprint density at radius 3 is 2.95 bits per heavy atom. The minimum atomic E-state index is 0.538. The first-order valence-corrected chi connectivity index (χ1v) is 6.96. The smallest absolute Gasteiger partial charge is 0.128 e. The number of unbranched alkanes of at least 4 members (excludes halogenated alkanes) is 1. The van der Waals surface area contributed by atoms with Gasteiger partial charge in [0.2, 0.25) is 0 Å². The van der Waals surface area contributed by atoms with Crippen molar-refractivity contribution in [3.05, 3.63) is 30.0 Å². The van der Waals surface area contributed by atoms with Crippen molar-refractivity contribution in [1.82, 2.24) is 9.88 Å². The summed E-state index contributed by atoms with van der Waals surface area (Å²) in [5, 5.41) is 9.73. The monoisotopic (exact) mass is 271 g/mol. The van der Waals surface area contributed by atoms with Gasteiger partial charge in [0.1, 0.15) is 5.75 Å². The van der Waals surface area contributed by atoms with Gasteiger partial charge in [-0.3, -0.25) is 0 Å². The van der Waals surface area contributed by atoms with Gasteiger partial charge >= 0.3 is 0 Å². The van der Waals surface area contributed by atoms with Gasteiger partial charge < -0.3 is 14.6 Å². The van der Waals surface area contributed by atoms with E-state index in [-0.39, 0.29) is 0 Å². The third kappa shape index (κ3) is 3.52. The van der Waals surface area contributed by atoms with Crippen molar-refractivity contribution >= 4 is 10.9 Å². The molecule has 1 aromatic heterocycles. The first-order valence-electron chi connectivity index (χ1n) is 6.96. The number of rotatable bonds is 7. The van der Waals surface area contributed by atoms with Crippen molar-refractivity contribution in [2.45, 2.75) is 19.3 Å². The average Bonchev–Trinajstić information content (AvgIpc) is 2.85. The maximum Gasteiger partial charge on any atom is 0.128 e. The highest BCUT2D eigenvalue weighted by Crippen LogP contribution is 2.29. The summed E-state index contributed by atoms with van der Waals surface area (Å²) in [7, 11) is 4.16. The second kappa shape index (κ2) is 6.97. The first-order chi connectivity index (χ1) is 9.72. The predicted octanol–water partition coefficient (Wildman–Crippen LogP) is 2.95. The molecule has 0 radical (unpaired) electrons. The summed E-state index contributed by atoms with van der Waals surface area (Å²) in [6.07, 6.45) is 4.36. The Bertz CT molecular complexity index is 595. The van der Waals surface area contributed by atoms with Gasteiger partial charge in [-0.15, -0.1) is 0 Å². The van der Waals surface area contributed by atoms with Crippen LogP contribution in [0.4, 0.5) is 0 Å².